The normalized spacial score (nSPS) is 13.3. The highest BCUT2D eigenvalue weighted by molar-refractivity contribution is 7.13. The average Bonchev–Trinajstić information content (AvgIpc) is 3.86. The summed E-state index contributed by atoms with van der Waals surface area (Å²) in [6.45, 7) is 4.79. The average molecular weight is 613 g/mol. The number of thiazole rings is 2. The topological polar surface area (TPSA) is 25.8 Å². The minimum absolute atomic E-state index is 0.192. The molecular formula is C41H28N2S2. The van der Waals surface area contributed by atoms with Crippen molar-refractivity contribution in [2.75, 3.05) is 0 Å². The number of aromatic nitrogens is 2. The molecular weight excluding hydrogens is 585 g/mol. The predicted octanol–water partition coefficient (Wildman–Crippen LogP) is 11.9. The fourth-order valence-corrected chi connectivity index (χ4v) is 8.54. The molecule has 0 atom stereocenters. The molecule has 6 aromatic carbocycles. The lowest BCUT2D eigenvalue weighted by molar-refractivity contribution is 0.661. The summed E-state index contributed by atoms with van der Waals surface area (Å²) in [5.74, 6) is 0. The van der Waals surface area contributed by atoms with Crippen molar-refractivity contribution in [3.8, 4) is 54.5 Å². The van der Waals surface area contributed by atoms with Gasteiger partial charge in [0.05, 0.1) is 0 Å². The van der Waals surface area contributed by atoms with Crippen LogP contribution in [0, 0.1) is 0 Å². The fraction of sp³-hybridized carbons (Fsp3) is 0.0732. The highest BCUT2D eigenvalue weighted by Gasteiger charge is 2.39. The Balaban J connectivity index is 1.31. The summed E-state index contributed by atoms with van der Waals surface area (Å²) in [5.41, 5.74) is 12.6. The van der Waals surface area contributed by atoms with Gasteiger partial charge in [0.15, 0.2) is 0 Å². The van der Waals surface area contributed by atoms with Gasteiger partial charge in [-0.3, -0.25) is 0 Å². The quantitative estimate of drug-likeness (QED) is 0.198. The molecule has 0 aliphatic heterocycles. The maximum atomic E-state index is 4.59. The van der Waals surface area contributed by atoms with Gasteiger partial charge < -0.3 is 0 Å². The second-order valence-corrected chi connectivity index (χ2v) is 14.0. The van der Waals surface area contributed by atoms with Crippen molar-refractivity contribution >= 4 is 44.2 Å². The fourth-order valence-electron chi connectivity index (χ4n) is 7.27. The Morgan fingerprint density at radius 3 is 1.31 bits per heavy atom. The summed E-state index contributed by atoms with van der Waals surface area (Å²) in [6, 6.07) is 40.6. The van der Waals surface area contributed by atoms with Gasteiger partial charge in [-0.15, -0.1) is 22.7 Å². The molecule has 0 bridgehead atoms. The number of hydrogen-bond acceptors (Lipinski definition) is 4. The summed E-state index contributed by atoms with van der Waals surface area (Å²) in [5, 5.41) is 11.4. The molecule has 9 rings (SSSR count). The van der Waals surface area contributed by atoms with Crippen molar-refractivity contribution in [3.63, 3.8) is 0 Å². The van der Waals surface area contributed by atoms with Crippen LogP contribution in [0.4, 0.5) is 0 Å². The van der Waals surface area contributed by atoms with Crippen LogP contribution in [0.5, 0.6) is 0 Å². The van der Waals surface area contributed by atoms with Gasteiger partial charge in [0.25, 0.3) is 0 Å². The van der Waals surface area contributed by atoms with Crippen LogP contribution in [-0.2, 0) is 5.41 Å². The molecule has 0 N–H and O–H groups in total. The molecule has 1 aliphatic rings. The van der Waals surface area contributed by atoms with Gasteiger partial charge in [0, 0.05) is 39.7 Å². The van der Waals surface area contributed by atoms with Crippen LogP contribution in [-0.4, -0.2) is 9.97 Å². The first kappa shape index (κ1) is 26.5. The van der Waals surface area contributed by atoms with Gasteiger partial charge >= 0.3 is 0 Å². The monoisotopic (exact) mass is 612 g/mol. The number of rotatable bonds is 4. The Morgan fingerprint density at radius 1 is 0.467 bits per heavy atom. The van der Waals surface area contributed by atoms with Crippen molar-refractivity contribution in [1.29, 1.82) is 0 Å². The lowest BCUT2D eigenvalue weighted by Gasteiger charge is -2.24. The molecule has 0 amide bonds. The lowest BCUT2D eigenvalue weighted by atomic mass is 9.79. The number of nitrogens with zero attached hydrogens (tertiary/aromatic N) is 2. The summed E-state index contributed by atoms with van der Waals surface area (Å²) in [7, 11) is 0. The SMILES string of the molecule is CC1(C)c2cc(-c3cccc(-c4nccs4)c3)c3ccccc3c2-c2c1cc(-c1cccc(-c3nccs3)c1)c1ccccc21. The minimum atomic E-state index is -0.192. The lowest BCUT2D eigenvalue weighted by Crippen LogP contribution is -2.15. The van der Waals surface area contributed by atoms with E-state index in [1.807, 2.05) is 23.2 Å². The Morgan fingerprint density at radius 2 is 0.889 bits per heavy atom. The molecule has 0 radical (unpaired) electrons. The van der Waals surface area contributed by atoms with E-state index in [-0.39, 0.29) is 5.41 Å². The molecule has 0 spiro atoms. The maximum absolute atomic E-state index is 4.59. The molecule has 214 valence electrons. The van der Waals surface area contributed by atoms with E-state index in [0.29, 0.717) is 0 Å². The third kappa shape index (κ3) is 4.06. The maximum Gasteiger partial charge on any atom is 0.123 e. The smallest absolute Gasteiger partial charge is 0.123 e. The number of hydrogen-bond donors (Lipinski definition) is 0. The highest BCUT2D eigenvalue weighted by atomic mass is 32.1. The predicted molar refractivity (Wildman–Crippen MR) is 192 cm³/mol. The van der Waals surface area contributed by atoms with E-state index < -0.39 is 0 Å². The van der Waals surface area contributed by atoms with Gasteiger partial charge in [-0.05, 0) is 90.3 Å². The first-order valence-electron chi connectivity index (χ1n) is 15.2. The van der Waals surface area contributed by atoms with E-state index in [1.54, 1.807) is 22.7 Å². The van der Waals surface area contributed by atoms with Gasteiger partial charge in [-0.1, -0.05) is 98.8 Å². The third-order valence-electron chi connectivity index (χ3n) is 9.39. The zero-order valence-electron chi connectivity index (χ0n) is 24.9. The third-order valence-corrected chi connectivity index (χ3v) is 11.0. The highest BCUT2D eigenvalue weighted by Crippen LogP contribution is 2.56. The van der Waals surface area contributed by atoms with E-state index in [2.05, 4.69) is 133 Å². The Kier molecular flexibility index (Phi) is 5.93. The van der Waals surface area contributed by atoms with E-state index in [9.17, 15) is 0 Å². The molecule has 8 aromatic rings. The van der Waals surface area contributed by atoms with Crippen molar-refractivity contribution in [2.45, 2.75) is 19.3 Å². The summed E-state index contributed by atoms with van der Waals surface area (Å²) < 4.78 is 0. The van der Waals surface area contributed by atoms with Crippen LogP contribution in [0.2, 0.25) is 0 Å². The summed E-state index contributed by atoms with van der Waals surface area (Å²) in [4.78, 5) is 9.18. The zero-order valence-corrected chi connectivity index (χ0v) is 26.5. The Bertz CT molecular complexity index is 2230. The Hall–Kier alpha value is -4.90. The van der Waals surface area contributed by atoms with Gasteiger partial charge in [0.1, 0.15) is 10.0 Å². The number of benzene rings is 6. The molecule has 1 aliphatic carbocycles. The standard InChI is InChI=1S/C41H28N2S2/c1-41(2)35-23-33(25-9-7-11-27(21-25)39-42-17-19-44-39)29-13-3-5-15-31(29)37(35)38-32-16-6-4-14-30(32)34(24-36(38)41)26-10-8-12-28(22-26)40-43-18-20-45-40/h3-24H,1-2H3. The van der Waals surface area contributed by atoms with Crippen LogP contribution in [0.25, 0.3) is 76.1 Å². The van der Waals surface area contributed by atoms with Crippen LogP contribution >= 0.6 is 22.7 Å². The second kappa shape index (κ2) is 10.1. The van der Waals surface area contributed by atoms with Crippen LogP contribution in [0.3, 0.4) is 0 Å². The van der Waals surface area contributed by atoms with E-state index in [1.165, 1.54) is 66.1 Å². The summed E-state index contributed by atoms with van der Waals surface area (Å²) in [6.07, 6.45) is 3.76. The van der Waals surface area contributed by atoms with Crippen LogP contribution in [0.15, 0.2) is 132 Å². The Labute approximate surface area is 270 Å². The van der Waals surface area contributed by atoms with Gasteiger partial charge in [-0.25, -0.2) is 9.97 Å². The molecule has 0 saturated heterocycles. The van der Waals surface area contributed by atoms with Crippen molar-refractivity contribution in [2.24, 2.45) is 0 Å². The largest absolute Gasteiger partial charge is 0.245 e. The van der Waals surface area contributed by atoms with E-state index in [4.69, 9.17) is 0 Å². The molecule has 4 heteroatoms. The van der Waals surface area contributed by atoms with Gasteiger partial charge in [-0.2, -0.15) is 0 Å². The summed E-state index contributed by atoms with van der Waals surface area (Å²) >= 11 is 3.36. The zero-order chi connectivity index (χ0) is 30.1. The molecule has 2 nitrogen and oxygen atoms in total. The second-order valence-electron chi connectivity index (χ2n) is 12.2. The molecule has 0 saturated carbocycles. The van der Waals surface area contributed by atoms with Crippen LogP contribution < -0.4 is 0 Å². The van der Waals surface area contributed by atoms with Crippen molar-refractivity contribution < 1.29 is 0 Å². The molecule has 2 heterocycles. The van der Waals surface area contributed by atoms with Crippen LogP contribution in [0.1, 0.15) is 25.0 Å². The van der Waals surface area contributed by atoms with E-state index >= 15 is 0 Å². The van der Waals surface area contributed by atoms with Gasteiger partial charge in [0.2, 0.25) is 0 Å². The first-order chi connectivity index (χ1) is 22.1. The molecule has 0 fully saturated rings. The first-order valence-corrected chi connectivity index (χ1v) is 17.0. The minimum Gasteiger partial charge on any atom is -0.245 e. The number of fused-ring (bicyclic) bond motifs is 7. The molecule has 0 unspecified atom stereocenters. The van der Waals surface area contributed by atoms with E-state index in [0.717, 1.165) is 21.1 Å². The van der Waals surface area contributed by atoms with Crippen molar-refractivity contribution in [3.05, 3.63) is 143 Å². The molecule has 45 heavy (non-hydrogen) atoms. The van der Waals surface area contributed by atoms with Crippen molar-refractivity contribution in [1.82, 2.24) is 9.97 Å². The molecule has 2 aromatic heterocycles.